The minimum absolute atomic E-state index is 0.0279. The number of ether oxygens (including phenoxy) is 1. The number of nitrogens with zero attached hydrogens (tertiary/aromatic N) is 3. The number of nitrogen functional groups attached to an aromatic ring is 1. The largest absolute Gasteiger partial charge is 0.436 e. The molecule has 1 heterocycles. The highest BCUT2D eigenvalue weighted by molar-refractivity contribution is 5.44. The third-order valence-electron chi connectivity index (χ3n) is 2.55. The third kappa shape index (κ3) is 3.79. The zero-order chi connectivity index (χ0) is 15.2. The third-order valence-corrected chi connectivity index (χ3v) is 2.55. The zero-order valence-corrected chi connectivity index (χ0v) is 11.4. The standard InChI is InChI=1S/C14H14FN5O/c1-2-5-18-12-7-13(20-14(17)19-12)21-11-4-3-9(8-16)6-10(11)15/h3-4,6-7H,2,5H2,1H3,(H3,17,18,19,20). The van der Waals surface area contributed by atoms with E-state index in [-0.39, 0.29) is 23.1 Å². The number of hydrogen-bond donors (Lipinski definition) is 2. The predicted molar refractivity (Wildman–Crippen MR) is 76.4 cm³/mol. The van der Waals surface area contributed by atoms with Crippen LogP contribution in [-0.4, -0.2) is 16.5 Å². The first-order valence-electron chi connectivity index (χ1n) is 6.38. The predicted octanol–water partition coefficient (Wildman–Crippen LogP) is 2.68. The second-order valence-corrected chi connectivity index (χ2v) is 4.24. The van der Waals surface area contributed by atoms with Gasteiger partial charge in [0.05, 0.1) is 11.6 Å². The van der Waals surface area contributed by atoms with Crippen molar-refractivity contribution in [2.45, 2.75) is 13.3 Å². The van der Waals surface area contributed by atoms with Crippen LogP contribution in [0.15, 0.2) is 24.3 Å². The minimum Gasteiger partial charge on any atom is -0.436 e. The van der Waals surface area contributed by atoms with Gasteiger partial charge in [0.1, 0.15) is 5.82 Å². The molecule has 0 spiro atoms. The van der Waals surface area contributed by atoms with Gasteiger partial charge in [0.2, 0.25) is 11.8 Å². The van der Waals surface area contributed by atoms with Crippen molar-refractivity contribution < 1.29 is 9.13 Å². The Hall–Kier alpha value is -2.88. The first kappa shape index (κ1) is 14.5. The van der Waals surface area contributed by atoms with Gasteiger partial charge in [0, 0.05) is 12.6 Å². The van der Waals surface area contributed by atoms with Crippen LogP contribution in [0.3, 0.4) is 0 Å². The van der Waals surface area contributed by atoms with Crippen LogP contribution in [0.25, 0.3) is 0 Å². The van der Waals surface area contributed by atoms with E-state index in [1.165, 1.54) is 18.2 Å². The number of nitrogens with two attached hydrogens (primary N) is 1. The molecule has 0 atom stereocenters. The van der Waals surface area contributed by atoms with Crippen LogP contribution in [0.2, 0.25) is 0 Å². The van der Waals surface area contributed by atoms with Crippen molar-refractivity contribution in [1.29, 1.82) is 5.26 Å². The minimum atomic E-state index is -0.644. The molecule has 0 amide bonds. The van der Waals surface area contributed by atoms with Crippen LogP contribution in [0.1, 0.15) is 18.9 Å². The molecule has 108 valence electrons. The molecular weight excluding hydrogens is 273 g/mol. The number of nitrogens with one attached hydrogen (secondary N) is 1. The summed E-state index contributed by atoms with van der Waals surface area (Å²) in [4.78, 5) is 7.90. The smallest absolute Gasteiger partial charge is 0.226 e. The maximum atomic E-state index is 13.8. The van der Waals surface area contributed by atoms with Crippen LogP contribution in [0.4, 0.5) is 16.2 Å². The van der Waals surface area contributed by atoms with Gasteiger partial charge in [-0.1, -0.05) is 6.92 Å². The van der Waals surface area contributed by atoms with E-state index in [1.807, 2.05) is 13.0 Å². The summed E-state index contributed by atoms with van der Waals surface area (Å²) in [6.07, 6.45) is 0.921. The summed E-state index contributed by atoms with van der Waals surface area (Å²) in [5, 5.41) is 11.7. The average molecular weight is 287 g/mol. The highest BCUT2D eigenvalue weighted by Gasteiger charge is 2.09. The van der Waals surface area contributed by atoms with E-state index >= 15 is 0 Å². The van der Waals surface area contributed by atoms with Gasteiger partial charge in [0.25, 0.3) is 0 Å². The average Bonchev–Trinajstić information content (AvgIpc) is 2.46. The molecule has 3 N–H and O–H groups in total. The topological polar surface area (TPSA) is 96.8 Å². The van der Waals surface area contributed by atoms with Gasteiger partial charge in [-0.05, 0) is 24.6 Å². The molecule has 2 rings (SSSR count). The summed E-state index contributed by atoms with van der Waals surface area (Å²) in [6.45, 7) is 2.74. The second-order valence-electron chi connectivity index (χ2n) is 4.24. The van der Waals surface area contributed by atoms with Gasteiger partial charge in [-0.2, -0.15) is 15.2 Å². The summed E-state index contributed by atoms with van der Waals surface area (Å²) in [6, 6.07) is 7.30. The lowest BCUT2D eigenvalue weighted by Gasteiger charge is -2.09. The molecular formula is C14H14FN5O. The molecule has 0 saturated carbocycles. The number of nitriles is 1. The molecule has 0 aliphatic heterocycles. The SMILES string of the molecule is CCCNc1cc(Oc2ccc(C#N)cc2F)nc(N)n1. The molecule has 1 aromatic heterocycles. The fraction of sp³-hybridized carbons (Fsp3) is 0.214. The summed E-state index contributed by atoms with van der Waals surface area (Å²) < 4.78 is 19.1. The van der Waals surface area contributed by atoms with E-state index in [0.29, 0.717) is 5.82 Å². The highest BCUT2D eigenvalue weighted by atomic mass is 19.1. The first-order valence-corrected chi connectivity index (χ1v) is 6.38. The molecule has 0 aliphatic carbocycles. The number of hydrogen-bond acceptors (Lipinski definition) is 6. The molecule has 0 bridgehead atoms. The van der Waals surface area contributed by atoms with Crippen LogP contribution in [0.5, 0.6) is 11.6 Å². The van der Waals surface area contributed by atoms with E-state index in [9.17, 15) is 4.39 Å². The number of halogens is 1. The van der Waals surface area contributed by atoms with Gasteiger partial charge < -0.3 is 15.8 Å². The molecule has 6 nitrogen and oxygen atoms in total. The lowest BCUT2D eigenvalue weighted by atomic mass is 10.2. The summed E-state index contributed by atoms with van der Waals surface area (Å²) in [7, 11) is 0. The Morgan fingerprint density at radius 1 is 1.38 bits per heavy atom. The molecule has 2 aromatic rings. The number of benzene rings is 1. The lowest BCUT2D eigenvalue weighted by molar-refractivity contribution is 0.427. The number of anilines is 2. The number of aromatic nitrogens is 2. The number of rotatable bonds is 5. The van der Waals surface area contributed by atoms with Crippen LogP contribution < -0.4 is 15.8 Å². The Labute approximate surface area is 121 Å². The molecule has 21 heavy (non-hydrogen) atoms. The van der Waals surface area contributed by atoms with E-state index in [4.69, 9.17) is 15.7 Å². The lowest BCUT2D eigenvalue weighted by Crippen LogP contribution is -2.05. The van der Waals surface area contributed by atoms with Crippen LogP contribution >= 0.6 is 0 Å². The fourth-order valence-electron chi connectivity index (χ4n) is 1.60. The molecule has 0 radical (unpaired) electrons. The zero-order valence-electron chi connectivity index (χ0n) is 11.4. The van der Waals surface area contributed by atoms with Crippen molar-refractivity contribution in [3.05, 3.63) is 35.6 Å². The van der Waals surface area contributed by atoms with E-state index in [1.54, 1.807) is 0 Å². The van der Waals surface area contributed by atoms with Crippen molar-refractivity contribution in [2.24, 2.45) is 0 Å². The van der Waals surface area contributed by atoms with Crippen LogP contribution in [0, 0.1) is 17.1 Å². The highest BCUT2D eigenvalue weighted by Crippen LogP contribution is 2.25. The van der Waals surface area contributed by atoms with Gasteiger partial charge in [-0.3, -0.25) is 0 Å². The normalized spacial score (nSPS) is 9.95. The van der Waals surface area contributed by atoms with E-state index in [2.05, 4.69) is 15.3 Å². The quantitative estimate of drug-likeness (QED) is 0.877. The molecule has 0 fully saturated rings. The second kappa shape index (κ2) is 6.52. The Kier molecular flexibility index (Phi) is 4.51. The Morgan fingerprint density at radius 2 is 2.19 bits per heavy atom. The van der Waals surface area contributed by atoms with Gasteiger partial charge in [0.15, 0.2) is 11.6 Å². The Balaban J connectivity index is 2.23. The molecule has 0 saturated heterocycles. The van der Waals surface area contributed by atoms with Crippen molar-refractivity contribution in [3.8, 4) is 17.7 Å². The summed E-state index contributed by atoms with van der Waals surface area (Å²) >= 11 is 0. The van der Waals surface area contributed by atoms with Crippen molar-refractivity contribution >= 4 is 11.8 Å². The summed E-state index contributed by atoms with van der Waals surface area (Å²) in [5.74, 6) is -0.0129. The fourth-order valence-corrected chi connectivity index (χ4v) is 1.60. The van der Waals surface area contributed by atoms with Gasteiger partial charge in [-0.15, -0.1) is 0 Å². The van der Waals surface area contributed by atoms with Crippen molar-refractivity contribution in [2.75, 3.05) is 17.6 Å². The Morgan fingerprint density at radius 3 is 2.86 bits per heavy atom. The van der Waals surface area contributed by atoms with E-state index in [0.717, 1.165) is 19.0 Å². The maximum absolute atomic E-state index is 13.8. The summed E-state index contributed by atoms with van der Waals surface area (Å²) in [5.41, 5.74) is 5.80. The Bertz CT molecular complexity index is 684. The molecule has 7 heteroatoms. The van der Waals surface area contributed by atoms with Gasteiger partial charge >= 0.3 is 0 Å². The maximum Gasteiger partial charge on any atom is 0.226 e. The molecule has 0 unspecified atom stereocenters. The van der Waals surface area contributed by atoms with Crippen LogP contribution in [-0.2, 0) is 0 Å². The van der Waals surface area contributed by atoms with Gasteiger partial charge in [-0.25, -0.2) is 4.39 Å². The first-order chi connectivity index (χ1) is 10.1. The monoisotopic (exact) mass is 287 g/mol. The van der Waals surface area contributed by atoms with Crippen molar-refractivity contribution in [3.63, 3.8) is 0 Å². The van der Waals surface area contributed by atoms with Crippen molar-refractivity contribution in [1.82, 2.24) is 9.97 Å². The van der Waals surface area contributed by atoms with E-state index < -0.39 is 5.82 Å². The molecule has 0 aliphatic rings. The molecule has 1 aromatic carbocycles.